The van der Waals surface area contributed by atoms with E-state index in [-0.39, 0.29) is 0 Å². The first kappa shape index (κ1) is 8.71. The third-order valence-electron chi connectivity index (χ3n) is 1.99. The standard InChI is InChI=1S/C9H15N3/c1-3-12(2)7-4-5-8(10)9(11)6-7/h4-6H,3,10-11H2,1-2H3. The van der Waals surface area contributed by atoms with E-state index in [4.69, 9.17) is 11.5 Å². The van der Waals surface area contributed by atoms with Gasteiger partial charge in [0.15, 0.2) is 0 Å². The van der Waals surface area contributed by atoms with Gasteiger partial charge < -0.3 is 16.4 Å². The Bertz CT molecular complexity index is 270. The number of nitrogens with two attached hydrogens (primary N) is 2. The molecule has 3 heteroatoms. The lowest BCUT2D eigenvalue weighted by atomic mass is 10.2. The number of nitrogen functional groups attached to an aromatic ring is 2. The highest BCUT2D eigenvalue weighted by molar-refractivity contribution is 5.69. The van der Waals surface area contributed by atoms with E-state index in [0.717, 1.165) is 12.2 Å². The molecule has 1 aromatic rings. The van der Waals surface area contributed by atoms with Crippen LogP contribution < -0.4 is 16.4 Å². The molecule has 0 unspecified atom stereocenters. The SMILES string of the molecule is CCN(C)c1ccc(N)c(N)c1. The van der Waals surface area contributed by atoms with Crippen molar-refractivity contribution < 1.29 is 0 Å². The number of benzene rings is 1. The Morgan fingerprint density at radius 3 is 2.42 bits per heavy atom. The Kier molecular flexibility index (Phi) is 2.43. The number of anilines is 3. The highest BCUT2D eigenvalue weighted by Crippen LogP contribution is 2.21. The molecule has 3 nitrogen and oxygen atoms in total. The lowest BCUT2D eigenvalue weighted by molar-refractivity contribution is 0.969. The minimum absolute atomic E-state index is 0.642. The molecule has 66 valence electrons. The van der Waals surface area contributed by atoms with Crippen molar-refractivity contribution in [2.75, 3.05) is 30.0 Å². The van der Waals surface area contributed by atoms with Crippen LogP contribution >= 0.6 is 0 Å². The van der Waals surface area contributed by atoms with Gasteiger partial charge in [-0.2, -0.15) is 0 Å². The monoisotopic (exact) mass is 165 g/mol. The molecule has 0 radical (unpaired) electrons. The molecule has 0 fully saturated rings. The fraction of sp³-hybridized carbons (Fsp3) is 0.333. The maximum Gasteiger partial charge on any atom is 0.0568 e. The summed E-state index contributed by atoms with van der Waals surface area (Å²) in [5, 5.41) is 0. The van der Waals surface area contributed by atoms with Gasteiger partial charge in [-0.1, -0.05) is 0 Å². The van der Waals surface area contributed by atoms with Crippen molar-refractivity contribution in [3.8, 4) is 0 Å². The van der Waals surface area contributed by atoms with Gasteiger partial charge in [0.2, 0.25) is 0 Å². The summed E-state index contributed by atoms with van der Waals surface area (Å²) in [5.74, 6) is 0. The second-order valence-electron chi connectivity index (χ2n) is 2.83. The third kappa shape index (κ3) is 1.61. The Morgan fingerprint density at radius 1 is 1.25 bits per heavy atom. The van der Waals surface area contributed by atoms with Crippen LogP contribution in [0.5, 0.6) is 0 Å². The summed E-state index contributed by atoms with van der Waals surface area (Å²) < 4.78 is 0. The summed E-state index contributed by atoms with van der Waals surface area (Å²) in [5.41, 5.74) is 13.6. The van der Waals surface area contributed by atoms with E-state index in [1.54, 1.807) is 0 Å². The van der Waals surface area contributed by atoms with Gasteiger partial charge in [-0.3, -0.25) is 0 Å². The predicted octanol–water partition coefficient (Wildman–Crippen LogP) is 1.31. The zero-order valence-electron chi connectivity index (χ0n) is 7.54. The van der Waals surface area contributed by atoms with Crippen LogP contribution in [0.25, 0.3) is 0 Å². The summed E-state index contributed by atoms with van der Waals surface area (Å²) in [6, 6.07) is 5.69. The first-order chi connectivity index (χ1) is 5.65. The van der Waals surface area contributed by atoms with Crippen LogP contribution in [0.1, 0.15) is 6.92 Å². The number of hydrogen-bond acceptors (Lipinski definition) is 3. The summed E-state index contributed by atoms with van der Waals surface area (Å²) in [6.07, 6.45) is 0. The second kappa shape index (κ2) is 3.34. The number of hydrogen-bond donors (Lipinski definition) is 2. The fourth-order valence-corrected chi connectivity index (χ4v) is 0.982. The summed E-state index contributed by atoms with van der Waals surface area (Å²) >= 11 is 0. The van der Waals surface area contributed by atoms with E-state index in [1.165, 1.54) is 0 Å². The molecule has 12 heavy (non-hydrogen) atoms. The average molecular weight is 165 g/mol. The van der Waals surface area contributed by atoms with Gasteiger partial charge >= 0.3 is 0 Å². The first-order valence-corrected chi connectivity index (χ1v) is 4.01. The summed E-state index contributed by atoms with van der Waals surface area (Å²) in [4.78, 5) is 2.11. The minimum Gasteiger partial charge on any atom is -0.397 e. The lowest BCUT2D eigenvalue weighted by Crippen LogP contribution is -2.15. The van der Waals surface area contributed by atoms with Crippen LogP contribution in [-0.4, -0.2) is 13.6 Å². The first-order valence-electron chi connectivity index (χ1n) is 4.01. The quantitative estimate of drug-likeness (QED) is 0.649. The second-order valence-corrected chi connectivity index (χ2v) is 2.83. The van der Waals surface area contributed by atoms with Crippen molar-refractivity contribution in [1.29, 1.82) is 0 Å². The number of rotatable bonds is 2. The van der Waals surface area contributed by atoms with Crippen LogP contribution in [-0.2, 0) is 0 Å². The molecule has 1 rings (SSSR count). The highest BCUT2D eigenvalue weighted by Gasteiger charge is 1.99. The Labute approximate surface area is 73.0 Å². The lowest BCUT2D eigenvalue weighted by Gasteiger charge is -2.17. The Balaban J connectivity index is 2.96. The molecule has 0 aromatic heterocycles. The van der Waals surface area contributed by atoms with Gasteiger partial charge in [0, 0.05) is 19.3 Å². The molecule has 0 spiro atoms. The van der Waals surface area contributed by atoms with E-state index in [1.807, 2.05) is 25.2 Å². The minimum atomic E-state index is 0.642. The van der Waals surface area contributed by atoms with Crippen molar-refractivity contribution in [2.45, 2.75) is 6.92 Å². The third-order valence-corrected chi connectivity index (χ3v) is 1.99. The van der Waals surface area contributed by atoms with Crippen molar-refractivity contribution in [2.24, 2.45) is 0 Å². The molecule has 0 heterocycles. The highest BCUT2D eigenvalue weighted by atomic mass is 15.1. The van der Waals surface area contributed by atoms with Gasteiger partial charge in [0.1, 0.15) is 0 Å². The van der Waals surface area contributed by atoms with Crippen molar-refractivity contribution >= 4 is 17.1 Å². The van der Waals surface area contributed by atoms with E-state index in [2.05, 4.69) is 11.8 Å². The molecule has 0 saturated carbocycles. The molecule has 0 amide bonds. The molecule has 1 aromatic carbocycles. The van der Waals surface area contributed by atoms with E-state index in [0.29, 0.717) is 11.4 Å². The molecule has 0 atom stereocenters. The van der Waals surface area contributed by atoms with Crippen molar-refractivity contribution in [3.63, 3.8) is 0 Å². The summed E-state index contributed by atoms with van der Waals surface area (Å²) in [7, 11) is 2.02. The normalized spacial score (nSPS) is 9.83. The van der Waals surface area contributed by atoms with E-state index in [9.17, 15) is 0 Å². The Morgan fingerprint density at radius 2 is 1.92 bits per heavy atom. The molecule has 0 aliphatic rings. The maximum atomic E-state index is 5.66. The molecular weight excluding hydrogens is 150 g/mol. The van der Waals surface area contributed by atoms with Gasteiger partial charge in [0.05, 0.1) is 11.4 Å². The van der Waals surface area contributed by atoms with Crippen LogP contribution in [0.15, 0.2) is 18.2 Å². The van der Waals surface area contributed by atoms with Crippen molar-refractivity contribution in [1.82, 2.24) is 0 Å². The van der Waals surface area contributed by atoms with Gasteiger partial charge in [-0.05, 0) is 25.1 Å². The fourth-order valence-electron chi connectivity index (χ4n) is 0.982. The molecule has 0 saturated heterocycles. The smallest absolute Gasteiger partial charge is 0.0568 e. The van der Waals surface area contributed by atoms with Crippen LogP contribution in [0, 0.1) is 0 Å². The topological polar surface area (TPSA) is 55.3 Å². The van der Waals surface area contributed by atoms with Crippen LogP contribution in [0.4, 0.5) is 17.1 Å². The molecular formula is C9H15N3. The molecule has 0 aliphatic heterocycles. The largest absolute Gasteiger partial charge is 0.397 e. The van der Waals surface area contributed by atoms with Gasteiger partial charge in [-0.25, -0.2) is 0 Å². The van der Waals surface area contributed by atoms with Gasteiger partial charge in [0.25, 0.3) is 0 Å². The maximum absolute atomic E-state index is 5.66. The predicted molar refractivity (Wildman–Crippen MR) is 54.2 cm³/mol. The van der Waals surface area contributed by atoms with E-state index < -0.39 is 0 Å². The van der Waals surface area contributed by atoms with Crippen LogP contribution in [0.3, 0.4) is 0 Å². The summed E-state index contributed by atoms with van der Waals surface area (Å²) in [6.45, 7) is 3.05. The molecule has 0 aliphatic carbocycles. The molecule has 0 bridgehead atoms. The Hall–Kier alpha value is -1.38. The van der Waals surface area contributed by atoms with Crippen LogP contribution in [0.2, 0.25) is 0 Å². The zero-order valence-corrected chi connectivity index (χ0v) is 7.54. The van der Waals surface area contributed by atoms with E-state index >= 15 is 0 Å². The van der Waals surface area contributed by atoms with Crippen molar-refractivity contribution in [3.05, 3.63) is 18.2 Å². The average Bonchev–Trinajstić information content (AvgIpc) is 2.08. The zero-order chi connectivity index (χ0) is 9.14. The number of nitrogens with zero attached hydrogens (tertiary/aromatic N) is 1. The molecule has 4 N–H and O–H groups in total. The van der Waals surface area contributed by atoms with Gasteiger partial charge in [-0.15, -0.1) is 0 Å².